The van der Waals surface area contributed by atoms with E-state index in [1.54, 1.807) is 6.07 Å². The normalized spacial score (nSPS) is 10.8. The number of carbonyl (C=O) groups is 1. The van der Waals surface area contributed by atoms with Gasteiger partial charge in [-0.3, -0.25) is 4.79 Å². The third-order valence-electron chi connectivity index (χ3n) is 2.23. The van der Waals surface area contributed by atoms with Crippen LogP contribution in [0, 0.1) is 23.0 Å². The molecule has 2 N–H and O–H groups in total. The fraction of sp³-hybridized carbons (Fsp3) is 0.333. The molecule has 0 saturated heterocycles. The molecule has 4 nitrogen and oxygen atoms in total. The first-order valence-corrected chi connectivity index (χ1v) is 5.14. The number of anilines is 1. The van der Waals surface area contributed by atoms with E-state index in [0.29, 0.717) is 0 Å². The Morgan fingerprint density at radius 1 is 1.44 bits per heavy atom. The number of benzene rings is 1. The monoisotopic (exact) mass is 254 g/mol. The van der Waals surface area contributed by atoms with Gasteiger partial charge < -0.3 is 10.4 Å². The molecule has 0 bridgehead atoms. The molecule has 1 aromatic carbocycles. The van der Waals surface area contributed by atoms with Crippen LogP contribution in [0.1, 0.15) is 25.8 Å². The fourth-order valence-corrected chi connectivity index (χ4v) is 1.52. The topological polar surface area (TPSA) is 73.1 Å². The minimum Gasteiger partial charge on any atom is -0.481 e. The number of halogens is 2. The third kappa shape index (κ3) is 3.42. The highest BCUT2D eigenvalue weighted by Gasteiger charge is 2.24. The van der Waals surface area contributed by atoms with Gasteiger partial charge in [0.2, 0.25) is 0 Å². The zero-order valence-corrected chi connectivity index (χ0v) is 9.92. The van der Waals surface area contributed by atoms with E-state index in [0.717, 1.165) is 12.1 Å². The van der Waals surface area contributed by atoms with Crippen LogP contribution in [-0.2, 0) is 4.79 Å². The van der Waals surface area contributed by atoms with E-state index in [1.807, 2.05) is 0 Å². The van der Waals surface area contributed by atoms with Gasteiger partial charge in [0.05, 0.1) is 18.1 Å². The van der Waals surface area contributed by atoms with Crippen molar-refractivity contribution in [2.24, 2.45) is 0 Å². The van der Waals surface area contributed by atoms with Crippen LogP contribution in [-0.4, -0.2) is 16.6 Å². The minimum atomic E-state index is -1.08. The Morgan fingerprint density at radius 3 is 2.33 bits per heavy atom. The van der Waals surface area contributed by atoms with Crippen molar-refractivity contribution in [2.75, 3.05) is 5.32 Å². The molecule has 18 heavy (non-hydrogen) atoms. The summed E-state index contributed by atoms with van der Waals surface area (Å²) in [7, 11) is 0. The predicted octanol–water partition coefficient (Wildman–Crippen LogP) is 2.50. The number of hydrogen-bond acceptors (Lipinski definition) is 3. The predicted molar refractivity (Wildman–Crippen MR) is 61.0 cm³/mol. The van der Waals surface area contributed by atoms with Crippen LogP contribution in [0.2, 0.25) is 0 Å². The Kier molecular flexibility index (Phi) is 3.86. The highest BCUT2D eigenvalue weighted by molar-refractivity contribution is 5.69. The zero-order chi connectivity index (χ0) is 13.9. The minimum absolute atomic E-state index is 0.133. The SMILES string of the molecule is CC(C)(CC(=O)O)Nc1c(F)cc(C#N)cc1F. The van der Waals surface area contributed by atoms with Gasteiger partial charge in [0.25, 0.3) is 0 Å². The number of nitriles is 1. The number of carboxylic acids is 1. The standard InChI is InChI=1S/C12H12F2N2O2/c1-12(2,5-10(17)18)16-11-8(13)3-7(6-15)4-9(11)14/h3-4,16H,5H2,1-2H3,(H,17,18). The summed E-state index contributed by atoms with van der Waals surface area (Å²) in [5, 5.41) is 19.7. The van der Waals surface area contributed by atoms with Gasteiger partial charge in [0.15, 0.2) is 11.6 Å². The number of nitrogens with one attached hydrogen (secondary N) is 1. The molecule has 0 aliphatic rings. The van der Waals surface area contributed by atoms with Gasteiger partial charge in [-0.05, 0) is 26.0 Å². The van der Waals surface area contributed by atoms with Crippen molar-refractivity contribution in [3.05, 3.63) is 29.3 Å². The first-order chi connectivity index (χ1) is 8.25. The Balaban J connectivity index is 3.05. The van der Waals surface area contributed by atoms with Gasteiger partial charge in [-0.25, -0.2) is 8.78 Å². The van der Waals surface area contributed by atoms with Crippen molar-refractivity contribution >= 4 is 11.7 Å². The Labute approximate surface area is 103 Å². The number of aliphatic carboxylic acids is 1. The average Bonchev–Trinajstić information content (AvgIpc) is 2.21. The van der Waals surface area contributed by atoms with Crippen molar-refractivity contribution in [2.45, 2.75) is 25.8 Å². The van der Waals surface area contributed by atoms with Crippen LogP contribution in [0.15, 0.2) is 12.1 Å². The lowest BCUT2D eigenvalue weighted by molar-refractivity contribution is -0.137. The highest BCUT2D eigenvalue weighted by Crippen LogP contribution is 2.25. The van der Waals surface area contributed by atoms with E-state index in [9.17, 15) is 13.6 Å². The van der Waals surface area contributed by atoms with Crippen LogP contribution in [0.4, 0.5) is 14.5 Å². The quantitative estimate of drug-likeness (QED) is 0.865. The molecule has 0 spiro atoms. The molecule has 96 valence electrons. The number of carboxylic acid groups (broad SMARTS) is 1. The number of hydrogen-bond donors (Lipinski definition) is 2. The van der Waals surface area contributed by atoms with E-state index < -0.39 is 28.8 Å². The summed E-state index contributed by atoms with van der Waals surface area (Å²) < 4.78 is 27.1. The largest absolute Gasteiger partial charge is 0.481 e. The van der Waals surface area contributed by atoms with Crippen LogP contribution in [0.25, 0.3) is 0 Å². The van der Waals surface area contributed by atoms with E-state index in [1.165, 1.54) is 13.8 Å². The molecule has 0 aromatic heterocycles. The van der Waals surface area contributed by atoms with E-state index >= 15 is 0 Å². The van der Waals surface area contributed by atoms with Crippen molar-refractivity contribution < 1.29 is 18.7 Å². The molecule has 1 aromatic rings. The summed E-state index contributed by atoms with van der Waals surface area (Å²) in [6.07, 6.45) is -0.300. The zero-order valence-electron chi connectivity index (χ0n) is 9.92. The third-order valence-corrected chi connectivity index (χ3v) is 2.23. The molecular weight excluding hydrogens is 242 g/mol. The summed E-state index contributed by atoms with van der Waals surface area (Å²) >= 11 is 0. The van der Waals surface area contributed by atoms with Gasteiger partial charge in [-0.2, -0.15) is 5.26 Å². The molecule has 0 aliphatic heterocycles. The van der Waals surface area contributed by atoms with Crippen molar-refractivity contribution in [3.63, 3.8) is 0 Å². The summed E-state index contributed by atoms with van der Waals surface area (Å²) in [4.78, 5) is 10.6. The Hall–Kier alpha value is -2.16. The maximum absolute atomic E-state index is 13.6. The number of rotatable bonds is 4. The number of nitrogens with zero attached hydrogens (tertiary/aromatic N) is 1. The molecule has 6 heteroatoms. The first kappa shape index (κ1) is 13.9. The molecule has 0 fully saturated rings. The van der Waals surface area contributed by atoms with Crippen LogP contribution in [0.3, 0.4) is 0 Å². The second-order valence-corrected chi connectivity index (χ2v) is 4.51. The molecule has 0 unspecified atom stereocenters. The summed E-state index contributed by atoms with van der Waals surface area (Å²) in [6.45, 7) is 3.02. The molecule has 0 saturated carbocycles. The summed E-state index contributed by atoms with van der Waals surface area (Å²) in [5.74, 6) is -2.93. The molecule has 0 amide bonds. The van der Waals surface area contributed by atoms with Crippen LogP contribution in [0.5, 0.6) is 0 Å². The lowest BCUT2D eigenvalue weighted by atomic mass is 10.00. The van der Waals surface area contributed by atoms with Crippen molar-refractivity contribution in [3.8, 4) is 6.07 Å². The molecule has 1 rings (SSSR count). The van der Waals surface area contributed by atoms with E-state index in [4.69, 9.17) is 10.4 Å². The van der Waals surface area contributed by atoms with E-state index in [-0.39, 0.29) is 12.0 Å². The van der Waals surface area contributed by atoms with Crippen LogP contribution >= 0.6 is 0 Å². The summed E-state index contributed by atoms with van der Waals surface area (Å²) in [6, 6.07) is 3.41. The highest BCUT2D eigenvalue weighted by atomic mass is 19.1. The second kappa shape index (κ2) is 5.00. The maximum atomic E-state index is 13.6. The Bertz CT molecular complexity index is 498. The lowest BCUT2D eigenvalue weighted by Gasteiger charge is -2.26. The second-order valence-electron chi connectivity index (χ2n) is 4.51. The maximum Gasteiger partial charge on any atom is 0.305 e. The Morgan fingerprint density at radius 2 is 1.94 bits per heavy atom. The van der Waals surface area contributed by atoms with E-state index in [2.05, 4.69) is 5.32 Å². The molecular formula is C12H12F2N2O2. The van der Waals surface area contributed by atoms with Gasteiger partial charge in [-0.1, -0.05) is 0 Å². The molecule has 0 atom stereocenters. The average molecular weight is 254 g/mol. The molecule has 0 heterocycles. The smallest absolute Gasteiger partial charge is 0.305 e. The van der Waals surface area contributed by atoms with Crippen molar-refractivity contribution in [1.29, 1.82) is 5.26 Å². The van der Waals surface area contributed by atoms with Crippen LogP contribution < -0.4 is 5.32 Å². The molecule has 0 radical (unpaired) electrons. The van der Waals surface area contributed by atoms with Gasteiger partial charge in [0, 0.05) is 5.54 Å². The fourth-order valence-electron chi connectivity index (χ4n) is 1.52. The van der Waals surface area contributed by atoms with Gasteiger partial charge >= 0.3 is 5.97 Å². The first-order valence-electron chi connectivity index (χ1n) is 5.14. The van der Waals surface area contributed by atoms with Gasteiger partial charge in [-0.15, -0.1) is 0 Å². The molecule has 0 aliphatic carbocycles. The van der Waals surface area contributed by atoms with Gasteiger partial charge in [0.1, 0.15) is 5.69 Å². The van der Waals surface area contributed by atoms with Crippen molar-refractivity contribution in [1.82, 2.24) is 0 Å². The summed E-state index contributed by atoms with van der Waals surface area (Å²) in [5.41, 5.74) is -1.58. The lowest BCUT2D eigenvalue weighted by Crippen LogP contribution is -2.34.